The van der Waals surface area contributed by atoms with Gasteiger partial charge < -0.3 is 19.6 Å². The monoisotopic (exact) mass is 326 g/mol. The zero-order valence-electron chi connectivity index (χ0n) is 13.2. The zero-order chi connectivity index (χ0) is 16.9. The number of aromatic nitrogens is 1. The van der Waals surface area contributed by atoms with Crippen LogP contribution in [-0.4, -0.2) is 22.2 Å². The van der Waals surface area contributed by atoms with Gasteiger partial charge in [0.15, 0.2) is 11.7 Å². The van der Waals surface area contributed by atoms with Gasteiger partial charge in [0.1, 0.15) is 11.3 Å². The quantitative estimate of drug-likeness (QED) is 0.689. The van der Waals surface area contributed by atoms with Crippen LogP contribution in [0.1, 0.15) is 18.9 Å². The van der Waals surface area contributed by atoms with Crippen molar-refractivity contribution in [2.75, 3.05) is 5.32 Å². The van der Waals surface area contributed by atoms with Gasteiger partial charge in [-0.25, -0.2) is 4.79 Å². The largest absolute Gasteiger partial charge is 0.479 e. The molecule has 1 aromatic heterocycles. The number of carbonyl (C=O) groups is 1. The number of carboxylic acids is 1. The van der Waals surface area contributed by atoms with Gasteiger partial charge in [0.25, 0.3) is 6.01 Å². The number of hydrogen-bond acceptors (Lipinski definition) is 5. The third-order valence-electron chi connectivity index (χ3n) is 3.56. The summed E-state index contributed by atoms with van der Waals surface area (Å²) in [6, 6.07) is 15.3. The molecule has 0 amide bonds. The van der Waals surface area contributed by atoms with E-state index in [0.29, 0.717) is 24.7 Å². The molecule has 6 nitrogen and oxygen atoms in total. The minimum atomic E-state index is -0.965. The fourth-order valence-corrected chi connectivity index (χ4v) is 2.33. The molecule has 124 valence electrons. The normalized spacial score (nSPS) is 12.0. The average Bonchev–Trinajstić information content (AvgIpc) is 3.01. The second-order valence-corrected chi connectivity index (χ2v) is 5.34. The second-order valence-electron chi connectivity index (χ2n) is 5.34. The first-order valence-electron chi connectivity index (χ1n) is 7.73. The fraction of sp³-hybridized carbons (Fsp3) is 0.222. The molecule has 1 atom stereocenters. The molecule has 0 aliphatic rings. The summed E-state index contributed by atoms with van der Waals surface area (Å²) in [5.41, 5.74) is 2.46. The molecule has 0 radical (unpaired) electrons. The van der Waals surface area contributed by atoms with Crippen LogP contribution in [0.15, 0.2) is 52.9 Å². The van der Waals surface area contributed by atoms with Crippen LogP contribution in [0.2, 0.25) is 0 Å². The van der Waals surface area contributed by atoms with E-state index in [1.165, 1.54) is 0 Å². The van der Waals surface area contributed by atoms with Gasteiger partial charge in [0, 0.05) is 6.54 Å². The van der Waals surface area contributed by atoms with Gasteiger partial charge in [-0.15, -0.1) is 0 Å². The molecule has 0 unspecified atom stereocenters. The lowest BCUT2D eigenvalue weighted by Crippen LogP contribution is -2.25. The number of ether oxygens (including phenoxy) is 1. The molecule has 2 aromatic carbocycles. The summed E-state index contributed by atoms with van der Waals surface area (Å²) in [6.45, 7) is 2.27. The number of hydrogen-bond donors (Lipinski definition) is 2. The molecule has 0 saturated heterocycles. The molecule has 0 spiro atoms. The van der Waals surface area contributed by atoms with Gasteiger partial charge in [0.2, 0.25) is 0 Å². The highest BCUT2D eigenvalue weighted by Gasteiger charge is 2.16. The lowest BCUT2D eigenvalue weighted by molar-refractivity contribution is -0.145. The highest BCUT2D eigenvalue weighted by Crippen LogP contribution is 2.20. The minimum absolute atomic E-state index is 0.403. The SMILES string of the molecule is CC[C@@H](Oc1cccc(CNc2nc3ccccc3o2)c1)C(=O)O. The van der Waals surface area contributed by atoms with Crippen LogP contribution in [0.5, 0.6) is 5.75 Å². The highest BCUT2D eigenvalue weighted by molar-refractivity contribution is 5.74. The number of nitrogens with zero attached hydrogens (tertiary/aromatic N) is 1. The summed E-state index contributed by atoms with van der Waals surface area (Å²) in [4.78, 5) is 15.4. The first kappa shape index (κ1) is 15.9. The van der Waals surface area contributed by atoms with Crippen molar-refractivity contribution in [3.05, 3.63) is 54.1 Å². The van der Waals surface area contributed by atoms with E-state index >= 15 is 0 Å². The van der Waals surface area contributed by atoms with E-state index in [4.69, 9.17) is 14.3 Å². The summed E-state index contributed by atoms with van der Waals surface area (Å²) in [7, 11) is 0. The maximum atomic E-state index is 11.1. The van der Waals surface area contributed by atoms with Crippen molar-refractivity contribution in [2.45, 2.75) is 26.0 Å². The van der Waals surface area contributed by atoms with E-state index < -0.39 is 12.1 Å². The predicted molar refractivity (Wildman–Crippen MR) is 90.1 cm³/mol. The maximum Gasteiger partial charge on any atom is 0.344 e. The summed E-state index contributed by atoms with van der Waals surface area (Å²) in [5.74, 6) is -0.436. The Morgan fingerprint density at radius 3 is 2.88 bits per heavy atom. The Hall–Kier alpha value is -3.02. The van der Waals surface area contributed by atoms with Crippen LogP contribution in [-0.2, 0) is 11.3 Å². The van der Waals surface area contributed by atoms with Crippen molar-refractivity contribution in [1.29, 1.82) is 0 Å². The van der Waals surface area contributed by atoms with E-state index in [1.807, 2.05) is 36.4 Å². The third kappa shape index (κ3) is 3.65. The number of benzene rings is 2. The van der Waals surface area contributed by atoms with E-state index in [0.717, 1.165) is 16.7 Å². The van der Waals surface area contributed by atoms with Crippen molar-refractivity contribution in [2.24, 2.45) is 0 Å². The second kappa shape index (κ2) is 7.04. The molecule has 0 aliphatic carbocycles. The lowest BCUT2D eigenvalue weighted by atomic mass is 10.2. The number of para-hydroxylation sites is 2. The Labute approximate surface area is 139 Å². The molecule has 3 aromatic rings. The van der Waals surface area contributed by atoms with Gasteiger partial charge >= 0.3 is 5.97 Å². The molecule has 0 saturated carbocycles. The molecule has 1 heterocycles. The standard InChI is InChI=1S/C18H18N2O4/c1-2-15(17(21)22)23-13-7-5-6-12(10-13)11-19-18-20-14-8-3-4-9-16(14)24-18/h3-10,15H,2,11H2,1H3,(H,19,20)(H,21,22)/t15-/m1/s1. The van der Waals surface area contributed by atoms with Gasteiger partial charge in [-0.2, -0.15) is 4.98 Å². The summed E-state index contributed by atoms with van der Waals surface area (Å²) in [5, 5.41) is 12.2. The summed E-state index contributed by atoms with van der Waals surface area (Å²) >= 11 is 0. The third-order valence-corrected chi connectivity index (χ3v) is 3.56. The van der Waals surface area contributed by atoms with Crippen molar-refractivity contribution >= 4 is 23.1 Å². The van der Waals surface area contributed by atoms with E-state index in [1.54, 1.807) is 19.1 Å². The fourth-order valence-electron chi connectivity index (χ4n) is 2.33. The number of aliphatic carboxylic acids is 1. The number of nitrogens with one attached hydrogen (secondary N) is 1. The molecule has 0 bridgehead atoms. The molecule has 2 N–H and O–H groups in total. The zero-order valence-corrected chi connectivity index (χ0v) is 13.2. The van der Waals surface area contributed by atoms with Crippen molar-refractivity contribution < 1.29 is 19.1 Å². The Balaban J connectivity index is 1.67. The first-order valence-corrected chi connectivity index (χ1v) is 7.73. The van der Waals surface area contributed by atoms with E-state index in [9.17, 15) is 4.79 Å². The topological polar surface area (TPSA) is 84.6 Å². The first-order chi connectivity index (χ1) is 11.7. The van der Waals surface area contributed by atoms with Crippen LogP contribution in [0.3, 0.4) is 0 Å². The summed E-state index contributed by atoms with van der Waals surface area (Å²) in [6.07, 6.45) is -0.439. The van der Waals surface area contributed by atoms with Crippen molar-refractivity contribution in [3.63, 3.8) is 0 Å². The molecule has 0 aliphatic heterocycles. The minimum Gasteiger partial charge on any atom is -0.479 e. The Bertz CT molecular complexity index is 811. The lowest BCUT2D eigenvalue weighted by Gasteiger charge is -2.13. The van der Waals surface area contributed by atoms with Crippen LogP contribution < -0.4 is 10.1 Å². The number of anilines is 1. The van der Waals surface area contributed by atoms with Crippen LogP contribution in [0.4, 0.5) is 6.01 Å². The Kier molecular flexibility index (Phi) is 4.65. The van der Waals surface area contributed by atoms with Crippen LogP contribution in [0, 0.1) is 0 Å². The van der Waals surface area contributed by atoms with Crippen LogP contribution >= 0.6 is 0 Å². The van der Waals surface area contributed by atoms with Crippen molar-refractivity contribution in [1.82, 2.24) is 4.98 Å². The Morgan fingerprint density at radius 1 is 1.29 bits per heavy atom. The molecule has 0 fully saturated rings. The van der Waals surface area contributed by atoms with Gasteiger partial charge in [-0.05, 0) is 36.2 Å². The van der Waals surface area contributed by atoms with Crippen molar-refractivity contribution in [3.8, 4) is 5.75 Å². The molecular weight excluding hydrogens is 308 g/mol. The average molecular weight is 326 g/mol. The van der Waals surface area contributed by atoms with Gasteiger partial charge in [0.05, 0.1) is 0 Å². The molecule has 24 heavy (non-hydrogen) atoms. The number of rotatable bonds is 7. The molecule has 6 heteroatoms. The van der Waals surface area contributed by atoms with E-state index in [2.05, 4.69) is 10.3 Å². The smallest absolute Gasteiger partial charge is 0.344 e. The highest BCUT2D eigenvalue weighted by atomic mass is 16.5. The van der Waals surface area contributed by atoms with Gasteiger partial charge in [-0.1, -0.05) is 31.2 Å². The van der Waals surface area contributed by atoms with E-state index in [-0.39, 0.29) is 0 Å². The van der Waals surface area contributed by atoms with Crippen LogP contribution in [0.25, 0.3) is 11.1 Å². The predicted octanol–water partition coefficient (Wildman–Crippen LogP) is 3.68. The number of oxazole rings is 1. The maximum absolute atomic E-state index is 11.1. The number of fused-ring (bicyclic) bond motifs is 1. The Morgan fingerprint density at radius 2 is 2.12 bits per heavy atom. The molecule has 3 rings (SSSR count). The van der Waals surface area contributed by atoms with Gasteiger partial charge in [-0.3, -0.25) is 0 Å². The molecular formula is C18H18N2O4. The number of carboxylic acid groups (broad SMARTS) is 1. The summed E-state index contributed by atoms with van der Waals surface area (Å²) < 4.78 is 11.1.